The summed E-state index contributed by atoms with van der Waals surface area (Å²) in [7, 11) is 0. The van der Waals surface area contributed by atoms with Crippen molar-refractivity contribution in [2.24, 2.45) is 0 Å². The van der Waals surface area contributed by atoms with Crippen LogP contribution in [0, 0.1) is 0 Å². The molecule has 1 aromatic carbocycles. The van der Waals surface area contributed by atoms with Crippen LogP contribution in [-0.4, -0.2) is 27.9 Å². The van der Waals surface area contributed by atoms with Crippen LogP contribution in [0.25, 0.3) is 5.69 Å². The molecule has 5 heteroatoms. The molecule has 0 radical (unpaired) electrons. The first-order valence-electron chi connectivity index (χ1n) is 7.93. The van der Waals surface area contributed by atoms with Crippen LogP contribution >= 0.6 is 0 Å². The van der Waals surface area contributed by atoms with E-state index in [1.54, 1.807) is 4.68 Å². The predicted octanol–water partition coefficient (Wildman–Crippen LogP) is 3.60. The molecular formula is C17H23N3O2. The zero-order valence-electron chi connectivity index (χ0n) is 13.3. The molecule has 118 valence electrons. The van der Waals surface area contributed by atoms with E-state index < -0.39 is 0 Å². The van der Waals surface area contributed by atoms with Crippen LogP contribution in [0.3, 0.4) is 0 Å². The van der Waals surface area contributed by atoms with Crippen LogP contribution < -0.4 is 4.74 Å². The lowest BCUT2D eigenvalue weighted by Gasteiger charge is -2.08. The Morgan fingerprint density at radius 3 is 2.55 bits per heavy atom. The second-order valence-corrected chi connectivity index (χ2v) is 5.21. The Labute approximate surface area is 131 Å². The third-order valence-corrected chi connectivity index (χ3v) is 3.59. The van der Waals surface area contributed by atoms with Gasteiger partial charge in [0.1, 0.15) is 11.4 Å². The summed E-state index contributed by atoms with van der Waals surface area (Å²) in [5.41, 5.74) is 2.11. The normalized spacial score (nSPS) is 10.6. The molecule has 0 saturated heterocycles. The van der Waals surface area contributed by atoms with Crippen molar-refractivity contribution in [3.63, 3.8) is 0 Å². The van der Waals surface area contributed by atoms with Gasteiger partial charge < -0.3 is 4.74 Å². The van der Waals surface area contributed by atoms with Crippen molar-refractivity contribution in [1.29, 1.82) is 0 Å². The lowest BCUT2D eigenvalue weighted by Crippen LogP contribution is -2.03. The summed E-state index contributed by atoms with van der Waals surface area (Å²) in [6, 6.07) is 7.72. The maximum Gasteiger partial charge on any atom is 0.172 e. The fraction of sp³-hybridized carbons (Fsp3) is 0.471. The van der Waals surface area contributed by atoms with E-state index in [-0.39, 0.29) is 0 Å². The Morgan fingerprint density at radius 2 is 1.91 bits per heavy atom. The number of hydrogen-bond acceptors (Lipinski definition) is 4. The number of carbonyl (C=O) groups is 1. The molecule has 1 aromatic heterocycles. The molecule has 0 aliphatic carbocycles. The third kappa shape index (κ3) is 3.93. The van der Waals surface area contributed by atoms with Gasteiger partial charge in [0.2, 0.25) is 0 Å². The molecule has 0 atom stereocenters. The minimum absolute atomic E-state index is 0.402. The molecule has 2 rings (SSSR count). The molecule has 0 saturated carbocycles. The number of ether oxygens (including phenoxy) is 1. The van der Waals surface area contributed by atoms with Gasteiger partial charge in [-0.15, -0.1) is 5.10 Å². The van der Waals surface area contributed by atoms with Crippen molar-refractivity contribution in [1.82, 2.24) is 15.0 Å². The van der Waals surface area contributed by atoms with Gasteiger partial charge in [0, 0.05) is 0 Å². The lowest BCUT2D eigenvalue weighted by atomic mass is 10.2. The molecule has 2 aromatic rings. The lowest BCUT2D eigenvalue weighted by molar-refractivity contribution is 0.111. The quantitative estimate of drug-likeness (QED) is 0.524. The molecule has 0 aliphatic heterocycles. The summed E-state index contributed by atoms with van der Waals surface area (Å²) in [6.45, 7) is 4.93. The molecule has 0 unspecified atom stereocenters. The van der Waals surface area contributed by atoms with Gasteiger partial charge in [0.05, 0.1) is 18.0 Å². The van der Waals surface area contributed by atoms with Gasteiger partial charge in [0.25, 0.3) is 0 Å². The second-order valence-electron chi connectivity index (χ2n) is 5.21. The Morgan fingerprint density at radius 1 is 1.14 bits per heavy atom. The minimum atomic E-state index is 0.402. The topological polar surface area (TPSA) is 57.0 Å². The number of rotatable bonds is 9. The highest BCUT2D eigenvalue weighted by atomic mass is 16.5. The van der Waals surface area contributed by atoms with Crippen molar-refractivity contribution in [3.05, 3.63) is 35.7 Å². The first-order chi connectivity index (χ1) is 10.8. The maximum atomic E-state index is 10.9. The van der Waals surface area contributed by atoms with Crippen LogP contribution in [-0.2, 0) is 6.42 Å². The van der Waals surface area contributed by atoms with E-state index in [9.17, 15) is 4.79 Å². The monoisotopic (exact) mass is 301 g/mol. The van der Waals surface area contributed by atoms with E-state index >= 15 is 0 Å². The van der Waals surface area contributed by atoms with E-state index in [0.717, 1.165) is 36.4 Å². The number of aldehydes is 1. The predicted molar refractivity (Wildman–Crippen MR) is 85.8 cm³/mol. The number of aromatic nitrogens is 3. The Hall–Kier alpha value is -2.17. The van der Waals surface area contributed by atoms with Gasteiger partial charge in [-0.05, 0) is 37.1 Å². The highest BCUT2D eigenvalue weighted by Gasteiger charge is 2.11. The zero-order chi connectivity index (χ0) is 15.8. The maximum absolute atomic E-state index is 10.9. The molecular weight excluding hydrogens is 278 g/mol. The number of benzene rings is 1. The fourth-order valence-electron chi connectivity index (χ4n) is 2.35. The van der Waals surface area contributed by atoms with Gasteiger partial charge in [-0.1, -0.05) is 38.3 Å². The number of hydrogen-bond donors (Lipinski definition) is 0. The Balaban J connectivity index is 2.00. The molecule has 0 amide bonds. The fourth-order valence-corrected chi connectivity index (χ4v) is 2.35. The van der Waals surface area contributed by atoms with Crippen LogP contribution in [0.4, 0.5) is 0 Å². The van der Waals surface area contributed by atoms with Crippen LogP contribution in [0.15, 0.2) is 24.3 Å². The third-order valence-electron chi connectivity index (χ3n) is 3.59. The summed E-state index contributed by atoms with van der Waals surface area (Å²) in [5.74, 6) is 0.856. The van der Waals surface area contributed by atoms with Gasteiger partial charge in [-0.2, -0.15) is 0 Å². The first-order valence-corrected chi connectivity index (χ1v) is 7.93. The SMILES string of the molecule is CCCCCCOc1ccc(-n2nnc(C=O)c2CC)cc1. The zero-order valence-corrected chi connectivity index (χ0v) is 13.3. The van der Waals surface area contributed by atoms with Gasteiger partial charge >= 0.3 is 0 Å². The van der Waals surface area contributed by atoms with Crippen molar-refractivity contribution >= 4 is 6.29 Å². The summed E-state index contributed by atoms with van der Waals surface area (Å²) in [6.07, 6.45) is 6.23. The Bertz CT molecular complexity index is 590. The molecule has 0 aliphatic rings. The van der Waals surface area contributed by atoms with E-state index in [2.05, 4.69) is 17.2 Å². The first kappa shape index (κ1) is 16.2. The summed E-state index contributed by atoms with van der Waals surface area (Å²) >= 11 is 0. The molecule has 0 bridgehead atoms. The van der Waals surface area contributed by atoms with Crippen LogP contribution in [0.2, 0.25) is 0 Å². The van der Waals surface area contributed by atoms with Crippen LogP contribution in [0.1, 0.15) is 55.7 Å². The van der Waals surface area contributed by atoms with Crippen molar-refractivity contribution in [2.75, 3.05) is 6.61 Å². The smallest absolute Gasteiger partial charge is 0.172 e. The van der Waals surface area contributed by atoms with E-state index in [1.807, 2.05) is 31.2 Å². The Kier molecular flexibility index (Phi) is 6.13. The molecule has 0 spiro atoms. The molecule has 1 heterocycles. The number of carbonyl (C=O) groups excluding carboxylic acids is 1. The van der Waals surface area contributed by atoms with Crippen molar-refractivity contribution in [3.8, 4) is 11.4 Å². The van der Waals surface area contributed by atoms with Crippen molar-refractivity contribution < 1.29 is 9.53 Å². The van der Waals surface area contributed by atoms with E-state index in [0.29, 0.717) is 12.1 Å². The largest absolute Gasteiger partial charge is 0.494 e. The highest BCUT2D eigenvalue weighted by Crippen LogP contribution is 2.18. The van der Waals surface area contributed by atoms with Crippen LogP contribution in [0.5, 0.6) is 5.75 Å². The minimum Gasteiger partial charge on any atom is -0.494 e. The molecule has 0 N–H and O–H groups in total. The summed E-state index contributed by atoms with van der Waals surface area (Å²) in [4.78, 5) is 10.9. The van der Waals surface area contributed by atoms with Gasteiger partial charge in [-0.25, -0.2) is 4.68 Å². The molecule has 5 nitrogen and oxygen atoms in total. The number of nitrogens with zero attached hydrogens (tertiary/aromatic N) is 3. The average molecular weight is 301 g/mol. The highest BCUT2D eigenvalue weighted by molar-refractivity contribution is 5.73. The van der Waals surface area contributed by atoms with Crippen molar-refractivity contribution in [2.45, 2.75) is 46.0 Å². The van der Waals surface area contributed by atoms with E-state index in [1.165, 1.54) is 19.3 Å². The van der Waals surface area contributed by atoms with E-state index in [4.69, 9.17) is 4.74 Å². The van der Waals surface area contributed by atoms with Gasteiger partial charge in [0.15, 0.2) is 6.29 Å². The standard InChI is InChI=1S/C17H23N3O2/c1-3-5-6-7-12-22-15-10-8-14(9-11-15)20-17(4-2)16(13-21)18-19-20/h8-11,13H,3-7,12H2,1-2H3. The second kappa shape index (κ2) is 8.32. The summed E-state index contributed by atoms with van der Waals surface area (Å²) in [5, 5.41) is 7.94. The summed E-state index contributed by atoms with van der Waals surface area (Å²) < 4.78 is 7.43. The van der Waals surface area contributed by atoms with Gasteiger partial charge in [-0.3, -0.25) is 4.79 Å². The molecule has 22 heavy (non-hydrogen) atoms. The number of unbranched alkanes of at least 4 members (excludes halogenated alkanes) is 3. The molecule has 0 fully saturated rings. The average Bonchev–Trinajstić information content (AvgIpc) is 2.98.